The highest BCUT2D eigenvalue weighted by Gasteiger charge is 2.41. The Kier molecular flexibility index (Phi) is 7.30. The predicted octanol–water partition coefficient (Wildman–Crippen LogP) is 4.78. The third-order valence-corrected chi connectivity index (χ3v) is 5.92. The minimum absolute atomic E-state index is 0.0279. The Labute approximate surface area is 212 Å². The molecule has 198 valence electrons. The second-order valence-corrected chi connectivity index (χ2v) is 8.33. The standard InChI is InChI=1S/C23H21F3N8O4/c24-23(25,26)38-15-5-3-4-13(10-15)30-20(35)19-9-8-14(11-29-32-28)34(19)22(37)31-17-12-33(21(27)36)18-7-2-1-6-16(17)18/h1-7,10,12,14,19H,8-9,11H2,(H2,27,36)(H,30,35)(H,31,37)/t14-,19+/m1/s1. The highest BCUT2D eigenvalue weighted by molar-refractivity contribution is 6.06. The van der Waals surface area contributed by atoms with Crippen LogP contribution in [0.25, 0.3) is 21.3 Å². The number of urea groups is 1. The van der Waals surface area contributed by atoms with E-state index in [-0.39, 0.29) is 24.3 Å². The summed E-state index contributed by atoms with van der Waals surface area (Å²) in [5.41, 5.74) is 14.9. The van der Waals surface area contributed by atoms with Crippen molar-refractivity contribution in [1.82, 2.24) is 9.47 Å². The number of nitrogens with two attached hydrogens (primary N) is 1. The van der Waals surface area contributed by atoms with Gasteiger partial charge < -0.3 is 26.0 Å². The van der Waals surface area contributed by atoms with Gasteiger partial charge in [0.1, 0.15) is 11.8 Å². The number of fused-ring (bicyclic) bond motifs is 1. The number of hydrogen-bond acceptors (Lipinski definition) is 5. The molecular weight excluding hydrogens is 509 g/mol. The van der Waals surface area contributed by atoms with Gasteiger partial charge in [0.15, 0.2) is 0 Å². The van der Waals surface area contributed by atoms with Gasteiger partial charge in [0.2, 0.25) is 5.91 Å². The summed E-state index contributed by atoms with van der Waals surface area (Å²) in [6, 6.07) is 8.30. The molecule has 2 atom stereocenters. The Morgan fingerprint density at radius 2 is 1.89 bits per heavy atom. The number of hydrogen-bond donors (Lipinski definition) is 3. The van der Waals surface area contributed by atoms with Crippen molar-refractivity contribution in [2.24, 2.45) is 10.8 Å². The van der Waals surface area contributed by atoms with E-state index < -0.39 is 42.2 Å². The maximum atomic E-state index is 13.4. The second kappa shape index (κ2) is 10.6. The van der Waals surface area contributed by atoms with Gasteiger partial charge in [0, 0.05) is 40.8 Å². The number of para-hydroxylation sites is 1. The van der Waals surface area contributed by atoms with E-state index in [9.17, 15) is 27.6 Å². The number of aromatic nitrogens is 1. The summed E-state index contributed by atoms with van der Waals surface area (Å²) in [6.45, 7) is -0.106. The summed E-state index contributed by atoms with van der Waals surface area (Å²) < 4.78 is 42.7. The van der Waals surface area contributed by atoms with Crippen LogP contribution in [0.2, 0.25) is 0 Å². The third-order valence-electron chi connectivity index (χ3n) is 5.92. The van der Waals surface area contributed by atoms with Gasteiger partial charge in [0.25, 0.3) is 0 Å². The van der Waals surface area contributed by atoms with Crippen molar-refractivity contribution in [2.45, 2.75) is 31.3 Å². The molecule has 1 aliphatic heterocycles. The largest absolute Gasteiger partial charge is 0.573 e. The SMILES string of the molecule is [N-]=[N+]=NC[C@H]1CC[C@@H](C(=O)Nc2cccc(OC(F)(F)F)c2)N1C(=O)Nc1cn(C(N)=O)c2ccccc12. The van der Waals surface area contributed by atoms with Crippen molar-refractivity contribution >= 4 is 40.2 Å². The van der Waals surface area contributed by atoms with Crippen molar-refractivity contribution in [2.75, 3.05) is 17.2 Å². The lowest BCUT2D eigenvalue weighted by Crippen LogP contribution is -2.49. The smallest absolute Gasteiger partial charge is 0.406 e. The van der Waals surface area contributed by atoms with E-state index in [4.69, 9.17) is 11.3 Å². The van der Waals surface area contributed by atoms with Crippen molar-refractivity contribution in [3.63, 3.8) is 0 Å². The molecule has 0 radical (unpaired) electrons. The molecular formula is C23H21F3N8O4. The van der Waals surface area contributed by atoms with Gasteiger partial charge in [-0.2, -0.15) is 0 Å². The van der Waals surface area contributed by atoms with E-state index in [2.05, 4.69) is 25.4 Å². The number of primary amides is 1. The molecule has 4 N–H and O–H groups in total. The number of halogens is 3. The molecule has 3 aromatic rings. The second-order valence-electron chi connectivity index (χ2n) is 8.33. The minimum Gasteiger partial charge on any atom is -0.406 e. The Morgan fingerprint density at radius 3 is 2.61 bits per heavy atom. The Morgan fingerprint density at radius 1 is 1.13 bits per heavy atom. The van der Waals surface area contributed by atoms with Crippen molar-refractivity contribution in [3.05, 3.63) is 65.2 Å². The number of rotatable bonds is 6. The fraction of sp³-hybridized carbons (Fsp3) is 0.261. The van der Waals surface area contributed by atoms with Gasteiger partial charge >= 0.3 is 18.4 Å². The quantitative estimate of drug-likeness (QED) is 0.237. The van der Waals surface area contributed by atoms with Crippen LogP contribution in [0.4, 0.5) is 34.1 Å². The predicted molar refractivity (Wildman–Crippen MR) is 130 cm³/mol. The maximum Gasteiger partial charge on any atom is 0.573 e. The molecule has 38 heavy (non-hydrogen) atoms. The van der Waals surface area contributed by atoms with E-state index in [0.29, 0.717) is 17.3 Å². The molecule has 4 rings (SSSR count). The summed E-state index contributed by atoms with van der Waals surface area (Å²) in [7, 11) is 0. The van der Waals surface area contributed by atoms with Gasteiger partial charge in [0.05, 0.1) is 11.2 Å². The molecule has 0 saturated carbocycles. The zero-order chi connectivity index (χ0) is 27.4. The summed E-state index contributed by atoms with van der Waals surface area (Å²) >= 11 is 0. The molecule has 2 aromatic carbocycles. The third kappa shape index (κ3) is 5.73. The Hall–Kier alpha value is -4.91. The van der Waals surface area contributed by atoms with Crippen LogP contribution >= 0.6 is 0 Å². The highest BCUT2D eigenvalue weighted by atomic mass is 19.4. The molecule has 2 heterocycles. The van der Waals surface area contributed by atoms with Gasteiger partial charge in [-0.3, -0.25) is 9.36 Å². The van der Waals surface area contributed by atoms with Crippen LogP contribution in [0, 0.1) is 0 Å². The fourth-order valence-corrected chi connectivity index (χ4v) is 4.40. The monoisotopic (exact) mass is 530 g/mol. The number of carbonyl (C=O) groups excluding carboxylic acids is 3. The van der Waals surface area contributed by atoms with E-state index >= 15 is 0 Å². The first-order valence-corrected chi connectivity index (χ1v) is 11.2. The molecule has 4 amide bonds. The maximum absolute atomic E-state index is 13.4. The Balaban J connectivity index is 1.58. The van der Waals surface area contributed by atoms with Gasteiger partial charge in [-0.15, -0.1) is 13.2 Å². The molecule has 0 spiro atoms. The average Bonchev–Trinajstić information content (AvgIpc) is 3.44. The van der Waals surface area contributed by atoms with Crippen LogP contribution in [-0.4, -0.2) is 52.4 Å². The van der Waals surface area contributed by atoms with Crippen LogP contribution in [0.15, 0.2) is 59.8 Å². The van der Waals surface area contributed by atoms with Gasteiger partial charge in [-0.05, 0) is 36.6 Å². The highest BCUT2D eigenvalue weighted by Crippen LogP contribution is 2.31. The minimum atomic E-state index is -4.91. The average molecular weight is 530 g/mol. The van der Waals surface area contributed by atoms with Crippen LogP contribution in [-0.2, 0) is 4.79 Å². The van der Waals surface area contributed by atoms with Crippen molar-refractivity contribution in [1.29, 1.82) is 0 Å². The molecule has 1 saturated heterocycles. The van der Waals surface area contributed by atoms with E-state index in [1.54, 1.807) is 24.3 Å². The molecule has 1 fully saturated rings. The zero-order valence-electron chi connectivity index (χ0n) is 19.6. The van der Waals surface area contributed by atoms with Crippen molar-refractivity contribution in [3.8, 4) is 5.75 Å². The molecule has 12 nitrogen and oxygen atoms in total. The first-order valence-electron chi connectivity index (χ1n) is 11.2. The lowest BCUT2D eigenvalue weighted by Gasteiger charge is -2.29. The molecule has 0 bridgehead atoms. The summed E-state index contributed by atoms with van der Waals surface area (Å²) in [5.74, 6) is -1.18. The number of anilines is 2. The number of likely N-dealkylation sites (tertiary alicyclic amines) is 1. The number of alkyl halides is 3. The summed E-state index contributed by atoms with van der Waals surface area (Å²) in [5, 5.41) is 9.25. The number of nitrogens with one attached hydrogen (secondary N) is 2. The first-order chi connectivity index (χ1) is 18.1. The fourth-order valence-electron chi connectivity index (χ4n) is 4.40. The molecule has 1 aromatic heterocycles. The first kappa shape index (κ1) is 26.2. The molecule has 0 aliphatic carbocycles. The van der Waals surface area contributed by atoms with E-state index in [0.717, 1.165) is 16.7 Å². The number of carbonyl (C=O) groups is 3. The molecule has 0 unspecified atom stereocenters. The normalized spacial score (nSPS) is 17.1. The number of amides is 4. The van der Waals surface area contributed by atoms with Crippen LogP contribution in [0.3, 0.4) is 0 Å². The number of azide groups is 1. The number of ether oxygens (including phenoxy) is 1. The van der Waals surface area contributed by atoms with E-state index in [1.165, 1.54) is 23.2 Å². The number of benzene rings is 2. The zero-order valence-corrected chi connectivity index (χ0v) is 19.6. The lowest BCUT2D eigenvalue weighted by atomic mass is 10.2. The van der Waals surface area contributed by atoms with E-state index in [1.807, 2.05) is 0 Å². The van der Waals surface area contributed by atoms with Crippen LogP contribution < -0.4 is 21.1 Å². The number of nitrogens with zero attached hydrogens (tertiary/aromatic N) is 5. The van der Waals surface area contributed by atoms with Crippen molar-refractivity contribution < 1.29 is 32.3 Å². The summed E-state index contributed by atoms with van der Waals surface area (Å²) in [4.78, 5) is 42.3. The Bertz CT molecular complexity index is 1430. The lowest BCUT2D eigenvalue weighted by molar-refractivity contribution is -0.274. The molecule has 15 heteroatoms. The summed E-state index contributed by atoms with van der Waals surface area (Å²) in [6.07, 6.45) is -3.03. The van der Waals surface area contributed by atoms with Crippen LogP contribution in [0.1, 0.15) is 12.8 Å². The topological polar surface area (TPSA) is 167 Å². The molecule has 1 aliphatic rings. The van der Waals surface area contributed by atoms with Crippen LogP contribution in [0.5, 0.6) is 5.75 Å². The van der Waals surface area contributed by atoms with Gasteiger partial charge in [-0.1, -0.05) is 29.4 Å². The van der Waals surface area contributed by atoms with Gasteiger partial charge in [-0.25, -0.2) is 9.59 Å².